The van der Waals surface area contributed by atoms with Crippen LogP contribution >= 0.6 is 0 Å². The van der Waals surface area contributed by atoms with E-state index in [4.69, 9.17) is 0 Å². The van der Waals surface area contributed by atoms with Gasteiger partial charge in [0.15, 0.2) is 0 Å². The molecule has 0 aliphatic heterocycles. The molecule has 0 saturated heterocycles. The van der Waals surface area contributed by atoms with Crippen molar-refractivity contribution in [3.05, 3.63) is 0 Å². The van der Waals surface area contributed by atoms with E-state index in [0.717, 1.165) is 6.42 Å². The summed E-state index contributed by atoms with van der Waals surface area (Å²) in [5.74, 6) is 1.25. The van der Waals surface area contributed by atoms with Gasteiger partial charge in [-0.15, -0.1) is 0 Å². The van der Waals surface area contributed by atoms with E-state index in [0.29, 0.717) is 11.8 Å². The SMILES string of the molecule is CCCCCCCCCCCCCCC(C)CC(C)(O)C1CCCC1. The van der Waals surface area contributed by atoms with Gasteiger partial charge < -0.3 is 5.11 Å². The highest BCUT2D eigenvalue weighted by Crippen LogP contribution is 2.38. The van der Waals surface area contributed by atoms with Gasteiger partial charge in [-0.3, -0.25) is 0 Å². The molecule has 1 heteroatoms. The van der Waals surface area contributed by atoms with Gasteiger partial charge in [0.1, 0.15) is 0 Å². The lowest BCUT2D eigenvalue weighted by molar-refractivity contribution is -0.0193. The standard InChI is InChI=1S/C24H48O/c1-4-5-6-7-8-9-10-11-12-13-14-15-18-22(2)21-24(3,25)23-19-16-17-20-23/h22-23,25H,4-21H2,1-3H3. The zero-order chi connectivity index (χ0) is 18.4. The minimum atomic E-state index is -0.410. The van der Waals surface area contributed by atoms with E-state index in [1.54, 1.807) is 0 Å². The summed E-state index contributed by atoms with van der Waals surface area (Å²) >= 11 is 0. The molecular formula is C24H48O. The molecule has 0 amide bonds. The average Bonchev–Trinajstić information content (AvgIpc) is 3.11. The molecule has 1 aliphatic carbocycles. The lowest BCUT2D eigenvalue weighted by Gasteiger charge is -2.32. The molecule has 0 aromatic rings. The molecule has 1 nitrogen and oxygen atoms in total. The second kappa shape index (κ2) is 14.1. The smallest absolute Gasteiger partial charge is 0.0650 e. The highest BCUT2D eigenvalue weighted by Gasteiger charge is 2.34. The van der Waals surface area contributed by atoms with Gasteiger partial charge in [0, 0.05) is 0 Å². The Kier molecular flexibility index (Phi) is 12.9. The third-order valence-electron chi connectivity index (χ3n) is 6.55. The maximum atomic E-state index is 10.8. The fourth-order valence-electron chi connectivity index (χ4n) is 4.86. The first-order valence-corrected chi connectivity index (χ1v) is 11.8. The van der Waals surface area contributed by atoms with E-state index in [-0.39, 0.29) is 0 Å². The Morgan fingerprint density at radius 3 is 1.72 bits per heavy atom. The Labute approximate surface area is 159 Å². The van der Waals surface area contributed by atoms with Gasteiger partial charge in [-0.25, -0.2) is 0 Å². The van der Waals surface area contributed by atoms with Crippen molar-refractivity contribution in [2.75, 3.05) is 0 Å². The maximum Gasteiger partial charge on any atom is 0.0650 e. The van der Waals surface area contributed by atoms with Crippen molar-refractivity contribution < 1.29 is 5.11 Å². The molecule has 25 heavy (non-hydrogen) atoms. The Morgan fingerprint density at radius 1 is 0.800 bits per heavy atom. The van der Waals surface area contributed by atoms with E-state index in [1.807, 2.05) is 0 Å². The van der Waals surface area contributed by atoms with Gasteiger partial charge in [-0.05, 0) is 38.0 Å². The Hall–Kier alpha value is -0.0400. The molecule has 2 unspecified atom stereocenters. The molecule has 0 heterocycles. The van der Waals surface area contributed by atoms with E-state index in [9.17, 15) is 5.11 Å². The molecule has 0 aromatic heterocycles. The quantitative estimate of drug-likeness (QED) is 0.279. The van der Waals surface area contributed by atoms with Crippen LogP contribution in [0.3, 0.4) is 0 Å². The number of hydrogen-bond donors (Lipinski definition) is 1. The summed E-state index contributed by atoms with van der Waals surface area (Å²) in [7, 11) is 0. The van der Waals surface area contributed by atoms with Crippen LogP contribution in [0, 0.1) is 11.8 Å². The number of rotatable bonds is 16. The van der Waals surface area contributed by atoms with Crippen molar-refractivity contribution in [1.29, 1.82) is 0 Å². The molecule has 0 spiro atoms. The monoisotopic (exact) mass is 352 g/mol. The van der Waals surface area contributed by atoms with E-state index in [2.05, 4.69) is 20.8 Å². The van der Waals surface area contributed by atoms with Crippen LogP contribution in [0.4, 0.5) is 0 Å². The molecule has 1 aliphatic rings. The minimum Gasteiger partial charge on any atom is -0.390 e. The lowest BCUT2D eigenvalue weighted by atomic mass is 9.80. The highest BCUT2D eigenvalue weighted by atomic mass is 16.3. The van der Waals surface area contributed by atoms with Crippen molar-refractivity contribution >= 4 is 0 Å². The summed E-state index contributed by atoms with van der Waals surface area (Å²) in [6.07, 6.45) is 24.6. The summed E-state index contributed by atoms with van der Waals surface area (Å²) < 4.78 is 0. The molecule has 0 bridgehead atoms. The number of hydrogen-bond acceptors (Lipinski definition) is 1. The third-order valence-corrected chi connectivity index (χ3v) is 6.55. The third kappa shape index (κ3) is 11.3. The maximum absolute atomic E-state index is 10.8. The molecule has 150 valence electrons. The van der Waals surface area contributed by atoms with Gasteiger partial charge in [0.2, 0.25) is 0 Å². The molecule has 0 aromatic carbocycles. The highest BCUT2D eigenvalue weighted by molar-refractivity contribution is 4.86. The average molecular weight is 353 g/mol. The summed E-state index contributed by atoms with van der Waals surface area (Å²) in [6, 6.07) is 0. The molecule has 2 atom stereocenters. The van der Waals surface area contributed by atoms with Crippen LogP contribution in [0.1, 0.15) is 136 Å². The molecule has 1 fully saturated rings. The normalized spacial score (nSPS) is 19.2. The second-order valence-corrected chi connectivity index (χ2v) is 9.33. The van der Waals surface area contributed by atoms with Gasteiger partial charge in [-0.2, -0.15) is 0 Å². The van der Waals surface area contributed by atoms with Crippen molar-refractivity contribution in [1.82, 2.24) is 0 Å². The minimum absolute atomic E-state index is 0.410. The van der Waals surface area contributed by atoms with Crippen LogP contribution in [0.25, 0.3) is 0 Å². The first-order valence-electron chi connectivity index (χ1n) is 11.8. The fraction of sp³-hybridized carbons (Fsp3) is 1.00. The Balaban J connectivity index is 1.88. The van der Waals surface area contributed by atoms with Crippen molar-refractivity contribution in [2.45, 2.75) is 142 Å². The summed E-state index contributed by atoms with van der Waals surface area (Å²) in [4.78, 5) is 0. The molecule has 1 rings (SSSR count). The lowest BCUT2D eigenvalue weighted by Crippen LogP contribution is -2.34. The zero-order valence-electron chi connectivity index (χ0n) is 17.8. The Morgan fingerprint density at radius 2 is 1.24 bits per heavy atom. The summed E-state index contributed by atoms with van der Waals surface area (Å²) in [5, 5.41) is 10.8. The topological polar surface area (TPSA) is 20.2 Å². The summed E-state index contributed by atoms with van der Waals surface area (Å²) in [5.41, 5.74) is -0.410. The van der Waals surface area contributed by atoms with E-state index in [1.165, 1.54) is 109 Å². The van der Waals surface area contributed by atoms with Crippen LogP contribution in [0.2, 0.25) is 0 Å². The van der Waals surface area contributed by atoms with Gasteiger partial charge in [0.05, 0.1) is 5.60 Å². The molecule has 1 saturated carbocycles. The predicted molar refractivity (Wildman–Crippen MR) is 112 cm³/mol. The van der Waals surface area contributed by atoms with Gasteiger partial charge in [0.25, 0.3) is 0 Å². The van der Waals surface area contributed by atoms with Gasteiger partial charge in [-0.1, -0.05) is 110 Å². The van der Waals surface area contributed by atoms with Crippen molar-refractivity contribution in [3.63, 3.8) is 0 Å². The van der Waals surface area contributed by atoms with Crippen LogP contribution < -0.4 is 0 Å². The van der Waals surface area contributed by atoms with Crippen molar-refractivity contribution in [2.24, 2.45) is 11.8 Å². The number of aliphatic hydroxyl groups is 1. The predicted octanol–water partition coefficient (Wildman–Crippen LogP) is 8.05. The van der Waals surface area contributed by atoms with Crippen LogP contribution in [0.5, 0.6) is 0 Å². The number of unbranched alkanes of at least 4 members (excludes halogenated alkanes) is 11. The largest absolute Gasteiger partial charge is 0.390 e. The zero-order valence-corrected chi connectivity index (χ0v) is 17.8. The van der Waals surface area contributed by atoms with Crippen LogP contribution in [-0.4, -0.2) is 10.7 Å². The fourth-order valence-corrected chi connectivity index (χ4v) is 4.86. The van der Waals surface area contributed by atoms with E-state index >= 15 is 0 Å². The second-order valence-electron chi connectivity index (χ2n) is 9.33. The molecule has 0 radical (unpaired) electrons. The first-order chi connectivity index (χ1) is 12.1. The van der Waals surface area contributed by atoms with E-state index < -0.39 is 5.60 Å². The molecular weight excluding hydrogens is 304 g/mol. The molecule has 1 N–H and O–H groups in total. The Bertz CT molecular complexity index is 290. The van der Waals surface area contributed by atoms with Crippen LogP contribution in [-0.2, 0) is 0 Å². The van der Waals surface area contributed by atoms with Crippen molar-refractivity contribution in [3.8, 4) is 0 Å². The van der Waals surface area contributed by atoms with Crippen LogP contribution in [0.15, 0.2) is 0 Å². The summed E-state index contributed by atoms with van der Waals surface area (Å²) in [6.45, 7) is 6.74. The van der Waals surface area contributed by atoms with Gasteiger partial charge >= 0.3 is 0 Å². The first kappa shape index (κ1) is 23.0.